The number of aryl methyl sites for hydroxylation is 1. The molecular formula is C14H22BrN3. The zero-order chi connectivity index (χ0) is 12.8. The summed E-state index contributed by atoms with van der Waals surface area (Å²) < 4.78 is 1.18. The molecule has 0 amide bonds. The predicted octanol–water partition coefficient (Wildman–Crippen LogP) is 2.46. The first-order valence-electron chi connectivity index (χ1n) is 6.69. The van der Waals surface area contributed by atoms with Gasteiger partial charge in [0, 0.05) is 42.9 Å². The Kier molecular flexibility index (Phi) is 5.47. The first-order valence-corrected chi connectivity index (χ1v) is 7.48. The maximum absolute atomic E-state index is 3.56. The van der Waals surface area contributed by atoms with E-state index in [2.05, 4.69) is 56.6 Å². The van der Waals surface area contributed by atoms with Crippen LogP contribution in [0.4, 0.5) is 5.69 Å². The third-order valence-electron chi connectivity index (χ3n) is 3.36. The van der Waals surface area contributed by atoms with Crippen LogP contribution in [-0.4, -0.2) is 44.2 Å². The Hall–Kier alpha value is -0.580. The van der Waals surface area contributed by atoms with Gasteiger partial charge in [0.05, 0.1) is 0 Å². The summed E-state index contributed by atoms with van der Waals surface area (Å²) in [5.41, 5.74) is 2.48. The molecule has 0 saturated carbocycles. The second kappa shape index (κ2) is 7.12. The molecule has 18 heavy (non-hydrogen) atoms. The van der Waals surface area contributed by atoms with E-state index in [4.69, 9.17) is 0 Å². The van der Waals surface area contributed by atoms with Crippen molar-refractivity contribution in [1.82, 2.24) is 10.2 Å². The molecule has 0 aliphatic carbocycles. The Morgan fingerprint density at radius 2 is 2.11 bits per heavy atom. The summed E-state index contributed by atoms with van der Waals surface area (Å²) in [5.74, 6) is 0. The van der Waals surface area contributed by atoms with E-state index in [1.807, 2.05) is 0 Å². The maximum Gasteiger partial charge on any atom is 0.0351 e. The smallest absolute Gasteiger partial charge is 0.0351 e. The molecule has 1 heterocycles. The van der Waals surface area contributed by atoms with Gasteiger partial charge in [-0.05, 0) is 37.6 Å². The van der Waals surface area contributed by atoms with Gasteiger partial charge in [0.2, 0.25) is 0 Å². The van der Waals surface area contributed by atoms with Crippen LogP contribution in [0.3, 0.4) is 0 Å². The van der Waals surface area contributed by atoms with E-state index >= 15 is 0 Å². The summed E-state index contributed by atoms with van der Waals surface area (Å²) in [4.78, 5) is 2.53. The van der Waals surface area contributed by atoms with E-state index in [-0.39, 0.29) is 0 Å². The number of rotatable bonds is 5. The Bertz CT molecular complexity index is 375. The van der Waals surface area contributed by atoms with Crippen LogP contribution in [0.1, 0.15) is 12.0 Å². The minimum Gasteiger partial charge on any atom is -0.385 e. The molecule has 0 unspecified atom stereocenters. The zero-order valence-electron chi connectivity index (χ0n) is 11.0. The quantitative estimate of drug-likeness (QED) is 0.818. The summed E-state index contributed by atoms with van der Waals surface area (Å²) in [6, 6.07) is 6.44. The van der Waals surface area contributed by atoms with Gasteiger partial charge in [-0.15, -0.1) is 0 Å². The Labute approximate surface area is 118 Å². The topological polar surface area (TPSA) is 27.3 Å². The molecule has 0 radical (unpaired) electrons. The van der Waals surface area contributed by atoms with Crippen LogP contribution in [0, 0.1) is 6.92 Å². The monoisotopic (exact) mass is 311 g/mol. The van der Waals surface area contributed by atoms with E-state index in [9.17, 15) is 0 Å². The maximum atomic E-state index is 3.56. The summed E-state index contributed by atoms with van der Waals surface area (Å²) in [7, 11) is 0. The van der Waals surface area contributed by atoms with Crippen molar-refractivity contribution in [2.75, 3.05) is 44.6 Å². The van der Waals surface area contributed by atoms with Crippen molar-refractivity contribution in [2.24, 2.45) is 0 Å². The van der Waals surface area contributed by atoms with Crippen molar-refractivity contribution >= 4 is 21.6 Å². The molecule has 100 valence electrons. The van der Waals surface area contributed by atoms with Crippen molar-refractivity contribution in [2.45, 2.75) is 13.3 Å². The number of nitrogens with one attached hydrogen (secondary N) is 2. The fourth-order valence-electron chi connectivity index (χ4n) is 2.17. The van der Waals surface area contributed by atoms with Crippen LogP contribution in [0.5, 0.6) is 0 Å². The molecule has 3 nitrogen and oxygen atoms in total. The minimum absolute atomic E-state index is 1.04. The molecule has 2 rings (SSSR count). The van der Waals surface area contributed by atoms with Crippen LogP contribution in [0.2, 0.25) is 0 Å². The Morgan fingerprint density at radius 1 is 1.33 bits per heavy atom. The molecule has 1 aromatic rings. The molecule has 1 fully saturated rings. The number of halogens is 1. The standard InChI is InChI=1S/C14H22BrN3/c1-12-3-4-13(11-14(12)15)17-5-2-8-18-9-6-16-7-10-18/h3-4,11,16-17H,2,5-10H2,1H3. The molecular weight excluding hydrogens is 290 g/mol. The number of benzene rings is 1. The van der Waals surface area contributed by atoms with Crippen LogP contribution in [-0.2, 0) is 0 Å². The highest BCUT2D eigenvalue weighted by molar-refractivity contribution is 9.10. The molecule has 1 saturated heterocycles. The highest BCUT2D eigenvalue weighted by Crippen LogP contribution is 2.20. The molecule has 1 aliphatic rings. The van der Waals surface area contributed by atoms with Crippen LogP contribution in [0.15, 0.2) is 22.7 Å². The Morgan fingerprint density at radius 3 is 2.83 bits per heavy atom. The summed E-state index contributed by atoms with van der Waals surface area (Å²) in [6.45, 7) is 9.00. The SMILES string of the molecule is Cc1ccc(NCCCN2CCNCC2)cc1Br. The minimum atomic E-state index is 1.04. The van der Waals surface area contributed by atoms with Gasteiger partial charge in [-0.3, -0.25) is 0 Å². The van der Waals surface area contributed by atoms with Gasteiger partial charge in [-0.25, -0.2) is 0 Å². The average Bonchev–Trinajstić information content (AvgIpc) is 2.40. The molecule has 1 aromatic carbocycles. The van der Waals surface area contributed by atoms with E-state index in [1.165, 1.54) is 41.8 Å². The van der Waals surface area contributed by atoms with Crippen molar-refractivity contribution in [1.29, 1.82) is 0 Å². The van der Waals surface area contributed by atoms with Crippen LogP contribution < -0.4 is 10.6 Å². The number of piperazine rings is 1. The lowest BCUT2D eigenvalue weighted by Gasteiger charge is -2.27. The van der Waals surface area contributed by atoms with E-state index in [0.717, 1.165) is 19.6 Å². The molecule has 0 bridgehead atoms. The van der Waals surface area contributed by atoms with E-state index in [0.29, 0.717) is 0 Å². The normalized spacial score (nSPS) is 16.8. The molecule has 1 aliphatic heterocycles. The van der Waals surface area contributed by atoms with Gasteiger partial charge in [-0.1, -0.05) is 22.0 Å². The van der Waals surface area contributed by atoms with Crippen molar-refractivity contribution in [3.63, 3.8) is 0 Å². The third kappa shape index (κ3) is 4.26. The van der Waals surface area contributed by atoms with Crippen molar-refractivity contribution < 1.29 is 0 Å². The lowest BCUT2D eigenvalue weighted by molar-refractivity contribution is 0.240. The van der Waals surface area contributed by atoms with Crippen molar-refractivity contribution in [3.8, 4) is 0 Å². The number of hydrogen-bond acceptors (Lipinski definition) is 3. The second-order valence-corrected chi connectivity index (χ2v) is 5.69. The van der Waals surface area contributed by atoms with Gasteiger partial charge >= 0.3 is 0 Å². The summed E-state index contributed by atoms with van der Waals surface area (Å²) in [6.07, 6.45) is 1.20. The third-order valence-corrected chi connectivity index (χ3v) is 4.22. The molecule has 0 aromatic heterocycles. The lowest BCUT2D eigenvalue weighted by atomic mass is 10.2. The fourth-order valence-corrected chi connectivity index (χ4v) is 2.55. The Balaban J connectivity index is 1.66. The summed E-state index contributed by atoms with van der Waals surface area (Å²) in [5, 5.41) is 6.86. The van der Waals surface area contributed by atoms with Crippen molar-refractivity contribution in [3.05, 3.63) is 28.2 Å². The van der Waals surface area contributed by atoms with E-state index < -0.39 is 0 Å². The van der Waals surface area contributed by atoms with Crippen LogP contribution in [0.25, 0.3) is 0 Å². The average molecular weight is 312 g/mol. The second-order valence-electron chi connectivity index (χ2n) is 4.84. The highest BCUT2D eigenvalue weighted by atomic mass is 79.9. The van der Waals surface area contributed by atoms with E-state index in [1.54, 1.807) is 0 Å². The first-order chi connectivity index (χ1) is 8.75. The molecule has 4 heteroatoms. The first kappa shape index (κ1) is 13.8. The number of nitrogens with zero attached hydrogens (tertiary/aromatic N) is 1. The zero-order valence-corrected chi connectivity index (χ0v) is 12.6. The number of anilines is 1. The highest BCUT2D eigenvalue weighted by Gasteiger charge is 2.08. The lowest BCUT2D eigenvalue weighted by Crippen LogP contribution is -2.44. The van der Waals surface area contributed by atoms with Gasteiger partial charge < -0.3 is 15.5 Å². The predicted molar refractivity (Wildman–Crippen MR) is 81.3 cm³/mol. The molecule has 2 N–H and O–H groups in total. The summed E-state index contributed by atoms with van der Waals surface area (Å²) >= 11 is 3.56. The van der Waals surface area contributed by atoms with Crippen LogP contribution >= 0.6 is 15.9 Å². The number of hydrogen-bond donors (Lipinski definition) is 2. The largest absolute Gasteiger partial charge is 0.385 e. The van der Waals surface area contributed by atoms with Gasteiger partial charge in [0.15, 0.2) is 0 Å². The fraction of sp³-hybridized carbons (Fsp3) is 0.571. The molecule has 0 spiro atoms. The molecule has 0 atom stereocenters. The van der Waals surface area contributed by atoms with Gasteiger partial charge in [0.1, 0.15) is 0 Å². The van der Waals surface area contributed by atoms with Gasteiger partial charge in [-0.2, -0.15) is 0 Å². The van der Waals surface area contributed by atoms with Gasteiger partial charge in [0.25, 0.3) is 0 Å².